The Bertz CT molecular complexity index is 580. The monoisotopic (exact) mass is 265 g/mol. The zero-order valence-electron chi connectivity index (χ0n) is 11.9. The fraction of sp³-hybridized carbons (Fsp3) is 0.294. The molecule has 2 aromatic rings. The first kappa shape index (κ1) is 14.1. The predicted octanol–water partition coefficient (Wildman–Crippen LogP) is 3.78. The summed E-state index contributed by atoms with van der Waals surface area (Å²) in [6.45, 7) is 4.33. The van der Waals surface area contributed by atoms with Crippen molar-refractivity contribution < 1.29 is 0 Å². The first-order chi connectivity index (χ1) is 9.59. The molecule has 0 saturated heterocycles. The molecule has 0 radical (unpaired) electrons. The molecule has 20 heavy (non-hydrogen) atoms. The Morgan fingerprint density at radius 2 is 1.90 bits per heavy atom. The molecule has 102 valence electrons. The normalized spacial score (nSPS) is 10.8. The zero-order valence-corrected chi connectivity index (χ0v) is 11.9. The van der Waals surface area contributed by atoms with E-state index >= 15 is 0 Å². The van der Waals surface area contributed by atoms with E-state index in [1.165, 1.54) is 5.56 Å². The van der Waals surface area contributed by atoms with Crippen LogP contribution in [0.5, 0.6) is 0 Å². The fourth-order valence-corrected chi connectivity index (χ4v) is 2.04. The third kappa shape index (κ3) is 4.10. The number of benzene rings is 1. The van der Waals surface area contributed by atoms with Gasteiger partial charge in [-0.15, -0.1) is 0 Å². The number of hydrogen-bond acceptors (Lipinski definition) is 3. The number of nitrogens with zero attached hydrogens (tertiary/aromatic N) is 2. The van der Waals surface area contributed by atoms with Gasteiger partial charge in [-0.3, -0.25) is 0 Å². The second-order valence-electron chi connectivity index (χ2n) is 5.54. The number of aryl methyl sites for hydroxylation is 1. The van der Waals surface area contributed by atoms with Crippen LogP contribution in [0, 0.1) is 11.3 Å². The van der Waals surface area contributed by atoms with E-state index in [1.54, 1.807) is 12.3 Å². The van der Waals surface area contributed by atoms with E-state index in [4.69, 9.17) is 5.26 Å². The van der Waals surface area contributed by atoms with E-state index in [1.807, 2.05) is 12.1 Å². The molecule has 0 aliphatic rings. The number of nitriles is 1. The van der Waals surface area contributed by atoms with Crippen LogP contribution in [0.25, 0.3) is 0 Å². The van der Waals surface area contributed by atoms with Crippen molar-refractivity contribution in [2.75, 3.05) is 5.32 Å². The summed E-state index contributed by atoms with van der Waals surface area (Å²) in [7, 11) is 0. The Morgan fingerprint density at radius 1 is 1.15 bits per heavy atom. The Kier molecular flexibility index (Phi) is 4.37. The van der Waals surface area contributed by atoms with Gasteiger partial charge in [0.1, 0.15) is 11.9 Å². The standard InChI is InChI=1S/C17H19N3/c1-17(2,11-10-14-6-4-3-5-7-14)20-16-9-8-15(12-18)13-19-16/h3-9,13H,10-11H2,1-2H3,(H,19,20). The number of anilines is 1. The van der Waals surface area contributed by atoms with E-state index in [9.17, 15) is 0 Å². The van der Waals surface area contributed by atoms with Crippen molar-refractivity contribution in [3.8, 4) is 6.07 Å². The van der Waals surface area contributed by atoms with E-state index in [-0.39, 0.29) is 5.54 Å². The Hall–Kier alpha value is -2.34. The molecule has 1 aromatic carbocycles. The molecule has 0 bridgehead atoms. The highest BCUT2D eigenvalue weighted by molar-refractivity contribution is 5.40. The average Bonchev–Trinajstić information content (AvgIpc) is 2.47. The molecular weight excluding hydrogens is 246 g/mol. The maximum absolute atomic E-state index is 8.76. The maximum Gasteiger partial charge on any atom is 0.126 e. The van der Waals surface area contributed by atoms with Gasteiger partial charge >= 0.3 is 0 Å². The lowest BCUT2D eigenvalue weighted by Gasteiger charge is -2.27. The molecule has 0 unspecified atom stereocenters. The lowest BCUT2D eigenvalue weighted by atomic mass is 9.95. The lowest BCUT2D eigenvalue weighted by Crippen LogP contribution is -2.31. The third-order valence-corrected chi connectivity index (χ3v) is 3.24. The van der Waals surface area contributed by atoms with Crippen molar-refractivity contribution in [3.05, 3.63) is 59.8 Å². The minimum atomic E-state index is -0.0446. The molecule has 1 aromatic heterocycles. The van der Waals surface area contributed by atoms with Crippen molar-refractivity contribution >= 4 is 5.82 Å². The summed E-state index contributed by atoms with van der Waals surface area (Å²) in [6.07, 6.45) is 3.63. The van der Waals surface area contributed by atoms with Gasteiger partial charge < -0.3 is 5.32 Å². The molecule has 0 saturated carbocycles. The van der Waals surface area contributed by atoms with Gasteiger partial charge in [0, 0.05) is 11.7 Å². The van der Waals surface area contributed by atoms with Crippen LogP contribution >= 0.6 is 0 Å². The van der Waals surface area contributed by atoms with Gasteiger partial charge in [0.25, 0.3) is 0 Å². The van der Waals surface area contributed by atoms with Crippen molar-refractivity contribution in [1.82, 2.24) is 4.98 Å². The molecule has 0 amide bonds. The van der Waals surface area contributed by atoms with Crippen LogP contribution in [0.15, 0.2) is 48.7 Å². The number of rotatable bonds is 5. The van der Waals surface area contributed by atoms with Gasteiger partial charge in [0.15, 0.2) is 0 Å². The molecule has 3 heteroatoms. The number of nitrogens with one attached hydrogen (secondary N) is 1. The molecular formula is C17H19N3. The predicted molar refractivity (Wildman–Crippen MR) is 81.4 cm³/mol. The van der Waals surface area contributed by atoms with E-state index < -0.39 is 0 Å². The summed E-state index contributed by atoms with van der Waals surface area (Å²) in [6, 6.07) is 16.2. The summed E-state index contributed by atoms with van der Waals surface area (Å²) < 4.78 is 0. The Balaban J connectivity index is 1.94. The first-order valence-corrected chi connectivity index (χ1v) is 6.77. The van der Waals surface area contributed by atoms with Crippen LogP contribution in [0.4, 0.5) is 5.82 Å². The van der Waals surface area contributed by atoms with E-state index in [0.29, 0.717) is 5.56 Å². The minimum Gasteiger partial charge on any atom is -0.365 e. The zero-order chi connectivity index (χ0) is 14.4. The van der Waals surface area contributed by atoms with Gasteiger partial charge in [-0.2, -0.15) is 5.26 Å². The summed E-state index contributed by atoms with van der Waals surface area (Å²) in [5.74, 6) is 0.807. The Morgan fingerprint density at radius 3 is 2.50 bits per heavy atom. The second kappa shape index (κ2) is 6.21. The summed E-state index contributed by atoms with van der Waals surface area (Å²) >= 11 is 0. The molecule has 3 nitrogen and oxygen atoms in total. The van der Waals surface area contributed by atoms with Gasteiger partial charge in [0.05, 0.1) is 5.56 Å². The van der Waals surface area contributed by atoms with Gasteiger partial charge in [-0.05, 0) is 44.4 Å². The molecule has 1 N–H and O–H groups in total. The largest absolute Gasteiger partial charge is 0.365 e. The summed E-state index contributed by atoms with van der Waals surface area (Å²) in [5, 5.41) is 12.2. The fourth-order valence-electron chi connectivity index (χ4n) is 2.04. The van der Waals surface area contributed by atoms with E-state index in [2.05, 4.69) is 54.5 Å². The lowest BCUT2D eigenvalue weighted by molar-refractivity contribution is 0.516. The highest BCUT2D eigenvalue weighted by atomic mass is 15.0. The molecule has 0 fully saturated rings. The van der Waals surface area contributed by atoms with Crippen LogP contribution < -0.4 is 5.32 Å². The third-order valence-electron chi connectivity index (χ3n) is 3.24. The second-order valence-corrected chi connectivity index (χ2v) is 5.54. The van der Waals surface area contributed by atoms with Gasteiger partial charge in [0.2, 0.25) is 0 Å². The number of hydrogen-bond donors (Lipinski definition) is 1. The van der Waals surface area contributed by atoms with Crippen LogP contribution in [0.3, 0.4) is 0 Å². The smallest absolute Gasteiger partial charge is 0.126 e. The highest BCUT2D eigenvalue weighted by Crippen LogP contribution is 2.19. The maximum atomic E-state index is 8.76. The number of pyridine rings is 1. The van der Waals surface area contributed by atoms with E-state index in [0.717, 1.165) is 18.7 Å². The Labute approximate surface area is 120 Å². The van der Waals surface area contributed by atoms with Crippen molar-refractivity contribution in [1.29, 1.82) is 5.26 Å². The van der Waals surface area contributed by atoms with Crippen LogP contribution in [-0.2, 0) is 6.42 Å². The SMILES string of the molecule is CC(C)(CCc1ccccc1)Nc1ccc(C#N)cn1. The number of aromatic nitrogens is 1. The van der Waals surface area contributed by atoms with Crippen molar-refractivity contribution in [2.24, 2.45) is 0 Å². The van der Waals surface area contributed by atoms with Crippen molar-refractivity contribution in [3.63, 3.8) is 0 Å². The molecule has 2 rings (SSSR count). The summed E-state index contributed by atoms with van der Waals surface area (Å²) in [4.78, 5) is 4.26. The van der Waals surface area contributed by atoms with Gasteiger partial charge in [-0.25, -0.2) is 4.98 Å². The van der Waals surface area contributed by atoms with Gasteiger partial charge in [-0.1, -0.05) is 30.3 Å². The molecule has 0 aliphatic carbocycles. The van der Waals surface area contributed by atoms with Crippen molar-refractivity contribution in [2.45, 2.75) is 32.2 Å². The minimum absolute atomic E-state index is 0.0446. The molecule has 1 heterocycles. The highest BCUT2D eigenvalue weighted by Gasteiger charge is 2.17. The summed E-state index contributed by atoms with van der Waals surface area (Å²) in [5.41, 5.74) is 1.88. The molecule has 0 spiro atoms. The quantitative estimate of drug-likeness (QED) is 0.895. The van der Waals surface area contributed by atoms with Crippen LogP contribution in [-0.4, -0.2) is 10.5 Å². The molecule has 0 aliphatic heterocycles. The topological polar surface area (TPSA) is 48.7 Å². The average molecular weight is 265 g/mol. The van der Waals surface area contributed by atoms with Crippen LogP contribution in [0.2, 0.25) is 0 Å². The molecule has 0 atom stereocenters. The van der Waals surface area contributed by atoms with Crippen LogP contribution in [0.1, 0.15) is 31.4 Å². The first-order valence-electron chi connectivity index (χ1n) is 6.77.